The van der Waals surface area contributed by atoms with Crippen LogP contribution in [-0.4, -0.2) is 23.8 Å². The second-order valence-corrected chi connectivity index (χ2v) is 4.00. The molecule has 2 saturated carbocycles. The van der Waals surface area contributed by atoms with Gasteiger partial charge in [0.25, 0.3) is 0 Å². The van der Waals surface area contributed by atoms with E-state index in [9.17, 15) is 0 Å². The first-order valence-corrected chi connectivity index (χ1v) is 4.75. The molecule has 2 heteroatoms. The van der Waals surface area contributed by atoms with Crippen molar-refractivity contribution in [2.24, 2.45) is 5.92 Å². The van der Waals surface area contributed by atoms with Crippen molar-refractivity contribution < 1.29 is 5.11 Å². The Kier molecular flexibility index (Phi) is 2.14. The van der Waals surface area contributed by atoms with Crippen LogP contribution in [0.3, 0.4) is 0 Å². The second-order valence-electron chi connectivity index (χ2n) is 4.00. The first-order chi connectivity index (χ1) is 5.38. The molecule has 0 aliphatic heterocycles. The van der Waals surface area contributed by atoms with E-state index in [1.54, 1.807) is 0 Å². The van der Waals surface area contributed by atoms with Crippen molar-refractivity contribution in [1.29, 1.82) is 0 Å². The fraction of sp³-hybridized carbons (Fsp3) is 1.00. The fourth-order valence-corrected chi connectivity index (χ4v) is 1.98. The van der Waals surface area contributed by atoms with Crippen LogP contribution < -0.4 is 5.32 Å². The van der Waals surface area contributed by atoms with Gasteiger partial charge in [-0.15, -0.1) is 0 Å². The second kappa shape index (κ2) is 3.11. The molecule has 0 saturated heterocycles. The molecular formula is C9H17NO. The van der Waals surface area contributed by atoms with Crippen molar-refractivity contribution in [3.05, 3.63) is 0 Å². The van der Waals surface area contributed by atoms with Crippen LogP contribution in [0.25, 0.3) is 0 Å². The minimum absolute atomic E-state index is 0.392. The Balaban J connectivity index is 1.70. The summed E-state index contributed by atoms with van der Waals surface area (Å²) >= 11 is 0. The van der Waals surface area contributed by atoms with Gasteiger partial charge in [0.1, 0.15) is 0 Å². The fourth-order valence-electron chi connectivity index (χ4n) is 1.98. The summed E-state index contributed by atoms with van der Waals surface area (Å²) in [5.74, 6) is 0.589. The van der Waals surface area contributed by atoms with Gasteiger partial charge in [-0.25, -0.2) is 0 Å². The SMILES string of the molecule is OCC1CCC(NC2CC2)C1. The summed E-state index contributed by atoms with van der Waals surface area (Å²) in [5, 5.41) is 12.5. The number of nitrogens with one attached hydrogen (secondary N) is 1. The molecule has 2 nitrogen and oxygen atoms in total. The number of aliphatic hydroxyl groups excluding tert-OH is 1. The molecule has 11 heavy (non-hydrogen) atoms. The predicted molar refractivity (Wildman–Crippen MR) is 44.4 cm³/mol. The maximum Gasteiger partial charge on any atom is 0.0459 e. The van der Waals surface area contributed by atoms with Gasteiger partial charge in [0, 0.05) is 18.7 Å². The summed E-state index contributed by atoms with van der Waals surface area (Å²) in [6.07, 6.45) is 6.45. The average molecular weight is 155 g/mol. The average Bonchev–Trinajstić information content (AvgIpc) is 2.68. The van der Waals surface area contributed by atoms with E-state index in [-0.39, 0.29) is 0 Å². The zero-order valence-electron chi connectivity index (χ0n) is 6.92. The van der Waals surface area contributed by atoms with Crippen LogP contribution in [0.5, 0.6) is 0 Å². The Morgan fingerprint density at radius 3 is 2.36 bits per heavy atom. The smallest absolute Gasteiger partial charge is 0.0459 e. The highest BCUT2D eigenvalue weighted by atomic mass is 16.3. The molecule has 0 aromatic carbocycles. The third kappa shape index (κ3) is 1.94. The number of rotatable bonds is 3. The Labute approximate surface area is 68.0 Å². The monoisotopic (exact) mass is 155 g/mol. The van der Waals surface area contributed by atoms with E-state index in [1.807, 2.05) is 0 Å². The van der Waals surface area contributed by atoms with E-state index in [0.29, 0.717) is 12.5 Å². The van der Waals surface area contributed by atoms with E-state index >= 15 is 0 Å². The summed E-state index contributed by atoms with van der Waals surface area (Å²) in [4.78, 5) is 0. The molecule has 0 radical (unpaired) electrons. The van der Waals surface area contributed by atoms with Crippen molar-refractivity contribution in [2.45, 2.75) is 44.2 Å². The maximum absolute atomic E-state index is 8.91. The van der Waals surface area contributed by atoms with E-state index in [0.717, 1.165) is 12.1 Å². The molecule has 0 aromatic heterocycles. The zero-order valence-corrected chi connectivity index (χ0v) is 6.92. The van der Waals surface area contributed by atoms with Gasteiger partial charge in [0.05, 0.1) is 0 Å². The van der Waals surface area contributed by atoms with Gasteiger partial charge in [-0.05, 0) is 38.0 Å². The number of hydrogen-bond acceptors (Lipinski definition) is 2. The van der Waals surface area contributed by atoms with E-state index in [1.165, 1.54) is 32.1 Å². The summed E-state index contributed by atoms with van der Waals surface area (Å²) in [6.45, 7) is 0.392. The van der Waals surface area contributed by atoms with Crippen LogP contribution in [0.4, 0.5) is 0 Å². The standard InChI is InChI=1S/C9H17NO/c11-6-7-1-2-9(5-7)10-8-3-4-8/h7-11H,1-6H2. The molecular weight excluding hydrogens is 138 g/mol. The van der Waals surface area contributed by atoms with E-state index < -0.39 is 0 Å². The number of aliphatic hydroxyl groups is 1. The summed E-state index contributed by atoms with van der Waals surface area (Å²) in [5.41, 5.74) is 0. The maximum atomic E-state index is 8.91. The van der Waals surface area contributed by atoms with E-state index in [2.05, 4.69) is 5.32 Å². The predicted octanol–water partition coefficient (Wildman–Crippen LogP) is 0.899. The minimum Gasteiger partial charge on any atom is -0.396 e. The summed E-state index contributed by atoms with van der Waals surface area (Å²) in [7, 11) is 0. The van der Waals surface area contributed by atoms with Gasteiger partial charge in [0.2, 0.25) is 0 Å². The first-order valence-electron chi connectivity index (χ1n) is 4.75. The normalized spacial score (nSPS) is 37.9. The highest BCUT2D eigenvalue weighted by Gasteiger charge is 2.29. The third-order valence-electron chi connectivity index (χ3n) is 2.85. The molecule has 2 rings (SSSR count). The van der Waals surface area contributed by atoms with Crippen LogP contribution in [0.2, 0.25) is 0 Å². The van der Waals surface area contributed by atoms with Crippen molar-refractivity contribution in [3.8, 4) is 0 Å². The summed E-state index contributed by atoms with van der Waals surface area (Å²) < 4.78 is 0. The highest BCUT2D eigenvalue weighted by Crippen LogP contribution is 2.28. The van der Waals surface area contributed by atoms with Crippen LogP contribution >= 0.6 is 0 Å². The zero-order chi connectivity index (χ0) is 7.68. The molecule has 2 aliphatic rings. The highest BCUT2D eigenvalue weighted by molar-refractivity contribution is 4.88. The third-order valence-corrected chi connectivity index (χ3v) is 2.85. The van der Waals surface area contributed by atoms with Gasteiger partial charge in [-0.2, -0.15) is 0 Å². The molecule has 2 atom stereocenters. The van der Waals surface area contributed by atoms with Crippen molar-refractivity contribution in [1.82, 2.24) is 5.32 Å². The van der Waals surface area contributed by atoms with Gasteiger partial charge in [-0.1, -0.05) is 0 Å². The van der Waals surface area contributed by atoms with Gasteiger partial charge in [-0.3, -0.25) is 0 Å². The molecule has 0 heterocycles. The lowest BCUT2D eigenvalue weighted by molar-refractivity contribution is 0.227. The Bertz CT molecular complexity index is 134. The van der Waals surface area contributed by atoms with Crippen LogP contribution in [-0.2, 0) is 0 Å². The quantitative estimate of drug-likeness (QED) is 0.634. The van der Waals surface area contributed by atoms with Crippen LogP contribution in [0.15, 0.2) is 0 Å². The molecule has 0 amide bonds. The van der Waals surface area contributed by atoms with Crippen molar-refractivity contribution in [2.75, 3.05) is 6.61 Å². The van der Waals surface area contributed by atoms with Crippen molar-refractivity contribution in [3.63, 3.8) is 0 Å². The van der Waals surface area contributed by atoms with Crippen molar-refractivity contribution >= 4 is 0 Å². The van der Waals surface area contributed by atoms with E-state index in [4.69, 9.17) is 5.11 Å². The summed E-state index contributed by atoms with van der Waals surface area (Å²) in [6, 6.07) is 1.55. The molecule has 0 bridgehead atoms. The molecule has 2 unspecified atom stereocenters. The molecule has 2 fully saturated rings. The van der Waals surface area contributed by atoms with Crippen LogP contribution in [0, 0.1) is 5.92 Å². The molecule has 2 N–H and O–H groups in total. The molecule has 2 aliphatic carbocycles. The molecule has 0 aromatic rings. The lowest BCUT2D eigenvalue weighted by Crippen LogP contribution is -2.28. The van der Waals surface area contributed by atoms with Gasteiger partial charge >= 0.3 is 0 Å². The Hall–Kier alpha value is -0.0800. The Morgan fingerprint density at radius 1 is 1.09 bits per heavy atom. The van der Waals surface area contributed by atoms with Crippen LogP contribution in [0.1, 0.15) is 32.1 Å². The lowest BCUT2D eigenvalue weighted by Gasteiger charge is -2.10. The van der Waals surface area contributed by atoms with Gasteiger partial charge < -0.3 is 10.4 Å². The lowest BCUT2D eigenvalue weighted by atomic mass is 10.1. The van der Waals surface area contributed by atoms with Gasteiger partial charge in [0.15, 0.2) is 0 Å². The number of hydrogen-bond donors (Lipinski definition) is 2. The topological polar surface area (TPSA) is 32.3 Å². The Morgan fingerprint density at radius 2 is 1.82 bits per heavy atom. The first kappa shape index (κ1) is 7.56. The molecule has 64 valence electrons. The minimum atomic E-state index is 0.392. The largest absolute Gasteiger partial charge is 0.396 e. The molecule has 0 spiro atoms.